The summed E-state index contributed by atoms with van der Waals surface area (Å²) in [5.74, 6) is 0. The molecule has 0 bridgehead atoms. The predicted molar refractivity (Wildman–Crippen MR) is 39.0 cm³/mol. The summed E-state index contributed by atoms with van der Waals surface area (Å²) in [6.45, 7) is 5.19. The van der Waals surface area contributed by atoms with Crippen molar-refractivity contribution in [3.8, 4) is 0 Å². The smallest absolute Gasteiger partial charge is 0.246 e. The molecule has 3 radical (unpaired) electrons. The molecule has 0 aliphatic heterocycles. The zero-order valence-corrected chi connectivity index (χ0v) is 7.26. The summed E-state index contributed by atoms with van der Waals surface area (Å²) in [5, 5.41) is 0. The highest BCUT2D eigenvalue weighted by molar-refractivity contribution is 5.97. The lowest BCUT2D eigenvalue weighted by Gasteiger charge is -2.02. The van der Waals surface area contributed by atoms with E-state index in [0.29, 0.717) is 26.4 Å². The molecule has 0 aromatic carbocycles. The molecule has 0 heterocycles. The van der Waals surface area contributed by atoms with Gasteiger partial charge in [-0.25, -0.2) is 0 Å². The summed E-state index contributed by atoms with van der Waals surface area (Å²) >= 11 is 0. The molecule has 59 valence electrons. The average molecular weight is 161 g/mol. The van der Waals surface area contributed by atoms with Crippen molar-refractivity contribution >= 4 is 10.5 Å². The van der Waals surface area contributed by atoms with Crippen molar-refractivity contribution in [2.75, 3.05) is 33.0 Å². The lowest BCUT2D eigenvalue weighted by molar-refractivity contribution is 0.0415. The van der Waals surface area contributed by atoms with Gasteiger partial charge in [-0.05, 0) is 6.92 Å². The van der Waals surface area contributed by atoms with Crippen LogP contribution in [0.5, 0.6) is 0 Å². The fraction of sp³-hybridized carbons (Fsp3) is 1.00. The van der Waals surface area contributed by atoms with E-state index in [4.69, 9.17) is 9.47 Å². The molecule has 0 saturated heterocycles. The molecular formula is C6H13O3Si. The Kier molecular flexibility index (Phi) is 9.19. The van der Waals surface area contributed by atoms with E-state index in [2.05, 4.69) is 14.9 Å². The first kappa shape index (κ1) is 10.1. The molecule has 0 unspecified atom stereocenters. The maximum absolute atomic E-state index is 5.10. The van der Waals surface area contributed by atoms with Gasteiger partial charge in [-0.15, -0.1) is 0 Å². The van der Waals surface area contributed by atoms with E-state index in [1.165, 1.54) is 0 Å². The van der Waals surface area contributed by atoms with Gasteiger partial charge in [-0.1, -0.05) is 0 Å². The quantitative estimate of drug-likeness (QED) is 0.392. The third-order valence-corrected chi connectivity index (χ3v) is 1.11. The monoisotopic (exact) mass is 161 g/mol. The summed E-state index contributed by atoms with van der Waals surface area (Å²) < 4.78 is 14.7. The minimum Gasteiger partial charge on any atom is -0.416 e. The molecule has 0 aliphatic rings. The van der Waals surface area contributed by atoms with Crippen LogP contribution in [0.2, 0.25) is 0 Å². The van der Waals surface area contributed by atoms with E-state index in [-0.39, 0.29) is 0 Å². The lowest BCUT2D eigenvalue weighted by Crippen LogP contribution is -2.08. The summed E-state index contributed by atoms with van der Waals surface area (Å²) in [6, 6.07) is 0. The number of rotatable bonds is 7. The van der Waals surface area contributed by atoms with E-state index in [0.717, 1.165) is 6.61 Å². The standard InChI is InChI=1S/C6H13O3Si/c1-2-7-3-4-8-5-6-9-10/h2-6H2,1H3. The molecular weight excluding hydrogens is 148 g/mol. The highest BCUT2D eigenvalue weighted by atomic mass is 28.2. The molecule has 0 N–H and O–H groups in total. The summed E-state index contributed by atoms with van der Waals surface area (Å²) in [4.78, 5) is 0. The Hall–Kier alpha value is 0.0969. The lowest BCUT2D eigenvalue weighted by atomic mass is 10.7. The van der Waals surface area contributed by atoms with Crippen LogP contribution in [0.25, 0.3) is 0 Å². The largest absolute Gasteiger partial charge is 0.416 e. The molecule has 0 rings (SSSR count). The SMILES string of the molecule is CCOCCOCCO[Si]. The fourth-order valence-electron chi connectivity index (χ4n) is 0.465. The van der Waals surface area contributed by atoms with Gasteiger partial charge >= 0.3 is 0 Å². The molecule has 0 spiro atoms. The zero-order chi connectivity index (χ0) is 7.66. The van der Waals surface area contributed by atoms with Gasteiger partial charge in [-0.3, -0.25) is 0 Å². The Morgan fingerprint density at radius 2 is 1.60 bits per heavy atom. The minimum absolute atomic E-state index is 0.572. The normalized spacial score (nSPS) is 10.2. The molecule has 0 fully saturated rings. The Morgan fingerprint density at radius 1 is 1.00 bits per heavy atom. The van der Waals surface area contributed by atoms with Gasteiger partial charge in [0.1, 0.15) is 0 Å². The second-order valence-electron chi connectivity index (χ2n) is 1.66. The minimum atomic E-state index is 0.572. The average Bonchev–Trinajstić information content (AvgIpc) is 1.97. The Labute approximate surface area is 65.2 Å². The maximum Gasteiger partial charge on any atom is 0.246 e. The maximum atomic E-state index is 5.10. The van der Waals surface area contributed by atoms with E-state index in [9.17, 15) is 0 Å². The van der Waals surface area contributed by atoms with E-state index in [1.54, 1.807) is 0 Å². The van der Waals surface area contributed by atoms with Crippen molar-refractivity contribution in [2.45, 2.75) is 6.92 Å². The zero-order valence-electron chi connectivity index (χ0n) is 6.26. The van der Waals surface area contributed by atoms with Gasteiger partial charge in [0.25, 0.3) is 0 Å². The summed E-state index contributed by atoms with van der Waals surface area (Å²) in [7, 11) is 2.86. The second kappa shape index (κ2) is 9.10. The van der Waals surface area contributed by atoms with Crippen molar-refractivity contribution in [3.63, 3.8) is 0 Å². The Bertz CT molecular complexity index is 53.0. The van der Waals surface area contributed by atoms with Crippen molar-refractivity contribution in [1.29, 1.82) is 0 Å². The number of hydrogen-bond acceptors (Lipinski definition) is 3. The molecule has 0 aliphatic carbocycles. The first-order valence-electron chi connectivity index (χ1n) is 3.35. The van der Waals surface area contributed by atoms with Crippen LogP contribution in [0.1, 0.15) is 6.92 Å². The van der Waals surface area contributed by atoms with Gasteiger partial charge in [0.2, 0.25) is 10.5 Å². The summed E-state index contributed by atoms with van der Waals surface area (Å²) in [6.07, 6.45) is 0. The first-order valence-corrected chi connectivity index (χ1v) is 3.76. The van der Waals surface area contributed by atoms with Gasteiger partial charge in [0.15, 0.2) is 0 Å². The molecule has 0 atom stereocenters. The van der Waals surface area contributed by atoms with Gasteiger partial charge in [0.05, 0.1) is 26.4 Å². The van der Waals surface area contributed by atoms with Crippen LogP contribution in [0.15, 0.2) is 0 Å². The van der Waals surface area contributed by atoms with Gasteiger partial charge in [-0.2, -0.15) is 0 Å². The van der Waals surface area contributed by atoms with Crippen molar-refractivity contribution in [3.05, 3.63) is 0 Å². The molecule has 4 heteroatoms. The third kappa shape index (κ3) is 8.10. The van der Waals surface area contributed by atoms with E-state index >= 15 is 0 Å². The number of ether oxygens (including phenoxy) is 2. The Morgan fingerprint density at radius 3 is 2.20 bits per heavy atom. The van der Waals surface area contributed by atoms with E-state index < -0.39 is 0 Å². The predicted octanol–water partition coefficient (Wildman–Crippen LogP) is 0.140. The van der Waals surface area contributed by atoms with Gasteiger partial charge in [0, 0.05) is 6.61 Å². The molecule has 0 saturated carbocycles. The number of hydrogen-bond donors (Lipinski definition) is 0. The van der Waals surface area contributed by atoms with Crippen LogP contribution in [-0.4, -0.2) is 43.5 Å². The second-order valence-corrected chi connectivity index (χ2v) is 1.95. The fourth-order valence-corrected chi connectivity index (χ4v) is 0.548. The van der Waals surface area contributed by atoms with E-state index in [1.807, 2.05) is 6.92 Å². The van der Waals surface area contributed by atoms with Gasteiger partial charge < -0.3 is 13.9 Å². The highest BCUT2D eigenvalue weighted by Gasteiger charge is 1.86. The molecule has 3 nitrogen and oxygen atoms in total. The summed E-state index contributed by atoms with van der Waals surface area (Å²) in [5.41, 5.74) is 0. The highest BCUT2D eigenvalue weighted by Crippen LogP contribution is 1.77. The van der Waals surface area contributed by atoms with Crippen molar-refractivity contribution < 1.29 is 13.9 Å². The molecule has 0 aromatic rings. The molecule has 0 amide bonds. The third-order valence-electron chi connectivity index (χ3n) is 0.906. The first-order chi connectivity index (χ1) is 4.91. The van der Waals surface area contributed by atoms with Crippen LogP contribution in [0.3, 0.4) is 0 Å². The Balaban J connectivity index is 2.65. The topological polar surface area (TPSA) is 27.7 Å². The van der Waals surface area contributed by atoms with Crippen LogP contribution >= 0.6 is 0 Å². The van der Waals surface area contributed by atoms with Crippen LogP contribution < -0.4 is 0 Å². The van der Waals surface area contributed by atoms with Crippen molar-refractivity contribution in [1.82, 2.24) is 0 Å². The molecule has 10 heavy (non-hydrogen) atoms. The molecule has 0 aromatic heterocycles. The van der Waals surface area contributed by atoms with Crippen molar-refractivity contribution in [2.24, 2.45) is 0 Å². The van der Waals surface area contributed by atoms with Crippen LogP contribution in [0, 0.1) is 0 Å². The van der Waals surface area contributed by atoms with Crippen LogP contribution in [-0.2, 0) is 13.9 Å². The van der Waals surface area contributed by atoms with Crippen LogP contribution in [0.4, 0.5) is 0 Å².